The lowest BCUT2D eigenvalue weighted by Crippen LogP contribution is -2.17. The Morgan fingerprint density at radius 2 is 1.73 bits per heavy atom. The fraction of sp³-hybridized carbons (Fsp3) is 0.700. The molecule has 1 fully saturated rings. The molecule has 2 rings (SSSR count). The molecular formula is C10H14O. The van der Waals surface area contributed by atoms with Gasteiger partial charge in [0.05, 0.1) is 0 Å². The van der Waals surface area contributed by atoms with Crippen molar-refractivity contribution in [3.05, 3.63) is 12.2 Å². The molecule has 0 aromatic heterocycles. The maximum Gasteiger partial charge on any atom is 0.123 e. The predicted molar refractivity (Wildman–Crippen MR) is 44.0 cm³/mol. The van der Waals surface area contributed by atoms with E-state index in [-0.39, 0.29) is 0 Å². The molecule has 1 saturated carbocycles. The number of hydrogen-bond acceptors (Lipinski definition) is 1. The molecule has 2 aliphatic carbocycles. The molecule has 0 spiro atoms. The molecule has 11 heavy (non-hydrogen) atoms. The monoisotopic (exact) mass is 150 g/mol. The van der Waals surface area contributed by atoms with E-state index in [0.29, 0.717) is 29.6 Å². The van der Waals surface area contributed by atoms with E-state index < -0.39 is 0 Å². The van der Waals surface area contributed by atoms with E-state index in [1.54, 1.807) is 0 Å². The first-order chi connectivity index (χ1) is 5.25. The highest BCUT2D eigenvalue weighted by Crippen LogP contribution is 2.50. The van der Waals surface area contributed by atoms with E-state index in [4.69, 9.17) is 0 Å². The summed E-state index contributed by atoms with van der Waals surface area (Å²) in [4.78, 5) is 10.7. The number of aldehydes is 1. The Labute approximate surface area is 67.5 Å². The van der Waals surface area contributed by atoms with Crippen molar-refractivity contribution in [1.82, 2.24) is 0 Å². The van der Waals surface area contributed by atoms with Crippen LogP contribution in [0.15, 0.2) is 12.2 Å². The smallest absolute Gasteiger partial charge is 0.123 e. The van der Waals surface area contributed by atoms with Crippen LogP contribution in [0, 0.1) is 29.6 Å². The Morgan fingerprint density at radius 3 is 2.09 bits per heavy atom. The highest BCUT2D eigenvalue weighted by atomic mass is 16.1. The third kappa shape index (κ3) is 0.741. The van der Waals surface area contributed by atoms with Gasteiger partial charge in [0.2, 0.25) is 0 Å². The number of fused-ring (bicyclic) bond motifs is 2. The van der Waals surface area contributed by atoms with Gasteiger partial charge in [-0.15, -0.1) is 0 Å². The normalized spacial score (nSPS) is 53.5. The molecule has 5 atom stereocenters. The van der Waals surface area contributed by atoms with Gasteiger partial charge in [0.15, 0.2) is 0 Å². The van der Waals surface area contributed by atoms with Crippen LogP contribution in [0.25, 0.3) is 0 Å². The van der Waals surface area contributed by atoms with Crippen molar-refractivity contribution in [2.45, 2.75) is 13.8 Å². The molecule has 5 unspecified atom stereocenters. The molecule has 0 amide bonds. The van der Waals surface area contributed by atoms with Crippen LogP contribution in [0.1, 0.15) is 13.8 Å². The first-order valence-electron chi connectivity index (χ1n) is 4.39. The predicted octanol–water partition coefficient (Wildman–Crippen LogP) is 1.89. The molecule has 1 nitrogen and oxygen atoms in total. The molecule has 0 N–H and O–H groups in total. The maximum atomic E-state index is 10.7. The van der Waals surface area contributed by atoms with Gasteiger partial charge in [0.1, 0.15) is 6.29 Å². The second-order valence-corrected chi connectivity index (χ2v) is 3.97. The first kappa shape index (κ1) is 7.08. The van der Waals surface area contributed by atoms with E-state index in [1.807, 2.05) is 0 Å². The average molecular weight is 150 g/mol. The summed E-state index contributed by atoms with van der Waals surface area (Å²) < 4.78 is 0. The summed E-state index contributed by atoms with van der Waals surface area (Å²) in [5.41, 5.74) is 0. The largest absolute Gasteiger partial charge is 0.303 e. The van der Waals surface area contributed by atoms with E-state index >= 15 is 0 Å². The fourth-order valence-corrected chi connectivity index (χ4v) is 2.82. The van der Waals surface area contributed by atoms with Crippen molar-refractivity contribution in [2.75, 3.05) is 0 Å². The van der Waals surface area contributed by atoms with Gasteiger partial charge in [-0.2, -0.15) is 0 Å². The summed E-state index contributed by atoms with van der Waals surface area (Å²) >= 11 is 0. The van der Waals surface area contributed by atoms with Gasteiger partial charge in [-0.25, -0.2) is 0 Å². The summed E-state index contributed by atoms with van der Waals surface area (Å²) in [6, 6.07) is 0. The number of allylic oxidation sites excluding steroid dienone is 2. The standard InChI is InChI=1S/C10H14O/c1-6-8-3-4-9(6)10(5-11)7(8)2/h3-10H,1-2H3. The second-order valence-electron chi connectivity index (χ2n) is 3.97. The highest BCUT2D eigenvalue weighted by molar-refractivity contribution is 5.57. The van der Waals surface area contributed by atoms with E-state index in [1.165, 1.54) is 0 Å². The lowest BCUT2D eigenvalue weighted by Gasteiger charge is -2.18. The van der Waals surface area contributed by atoms with Crippen LogP contribution in [0.2, 0.25) is 0 Å². The van der Waals surface area contributed by atoms with E-state index in [2.05, 4.69) is 26.0 Å². The zero-order valence-electron chi connectivity index (χ0n) is 7.03. The van der Waals surface area contributed by atoms with Crippen molar-refractivity contribution >= 4 is 6.29 Å². The van der Waals surface area contributed by atoms with Crippen molar-refractivity contribution in [2.24, 2.45) is 29.6 Å². The minimum atomic E-state index is 0.306. The van der Waals surface area contributed by atoms with Crippen LogP contribution in [-0.2, 0) is 4.79 Å². The van der Waals surface area contributed by atoms with E-state index in [0.717, 1.165) is 6.29 Å². The molecule has 0 saturated heterocycles. The molecule has 2 aliphatic rings. The Bertz CT molecular complexity index is 207. The Balaban J connectivity index is 2.30. The van der Waals surface area contributed by atoms with Gasteiger partial charge in [0.25, 0.3) is 0 Å². The van der Waals surface area contributed by atoms with Gasteiger partial charge < -0.3 is 4.79 Å². The third-order valence-corrected chi connectivity index (χ3v) is 3.59. The fourth-order valence-electron chi connectivity index (χ4n) is 2.82. The maximum absolute atomic E-state index is 10.7. The molecule has 2 bridgehead atoms. The summed E-state index contributed by atoms with van der Waals surface area (Å²) in [5, 5.41) is 0. The summed E-state index contributed by atoms with van der Waals surface area (Å²) in [5.74, 6) is 2.82. The average Bonchev–Trinajstić information content (AvgIpc) is 2.44. The molecular weight excluding hydrogens is 136 g/mol. The molecule has 1 heteroatoms. The van der Waals surface area contributed by atoms with Gasteiger partial charge in [-0.1, -0.05) is 26.0 Å². The van der Waals surface area contributed by atoms with Crippen LogP contribution in [0.4, 0.5) is 0 Å². The van der Waals surface area contributed by atoms with Crippen LogP contribution < -0.4 is 0 Å². The third-order valence-electron chi connectivity index (χ3n) is 3.59. The summed E-state index contributed by atoms with van der Waals surface area (Å²) in [7, 11) is 0. The Kier molecular flexibility index (Phi) is 1.41. The number of carbonyl (C=O) groups is 1. The number of carbonyl (C=O) groups excluding carboxylic acids is 1. The zero-order valence-corrected chi connectivity index (χ0v) is 7.03. The van der Waals surface area contributed by atoms with Crippen molar-refractivity contribution in [3.8, 4) is 0 Å². The van der Waals surface area contributed by atoms with Crippen molar-refractivity contribution < 1.29 is 4.79 Å². The quantitative estimate of drug-likeness (QED) is 0.412. The van der Waals surface area contributed by atoms with Crippen LogP contribution in [0.3, 0.4) is 0 Å². The molecule has 0 aliphatic heterocycles. The number of hydrogen-bond donors (Lipinski definition) is 0. The van der Waals surface area contributed by atoms with Crippen LogP contribution >= 0.6 is 0 Å². The Morgan fingerprint density at radius 1 is 1.09 bits per heavy atom. The SMILES string of the molecule is CC1C2C=CC(C2C)C1C=O. The number of rotatable bonds is 1. The van der Waals surface area contributed by atoms with Gasteiger partial charge >= 0.3 is 0 Å². The van der Waals surface area contributed by atoms with Gasteiger partial charge in [0, 0.05) is 5.92 Å². The minimum Gasteiger partial charge on any atom is -0.303 e. The molecule has 60 valence electrons. The second kappa shape index (κ2) is 2.20. The summed E-state index contributed by atoms with van der Waals surface area (Å²) in [6.45, 7) is 4.46. The molecule has 0 radical (unpaired) electrons. The zero-order chi connectivity index (χ0) is 8.01. The van der Waals surface area contributed by atoms with E-state index in [9.17, 15) is 4.79 Å². The van der Waals surface area contributed by atoms with Gasteiger partial charge in [-0.05, 0) is 23.7 Å². The van der Waals surface area contributed by atoms with Gasteiger partial charge in [-0.3, -0.25) is 0 Å². The lowest BCUT2D eigenvalue weighted by atomic mass is 9.86. The Hall–Kier alpha value is -0.590. The highest BCUT2D eigenvalue weighted by Gasteiger charge is 2.46. The molecule has 0 aromatic rings. The molecule has 0 aromatic carbocycles. The van der Waals surface area contributed by atoms with Crippen molar-refractivity contribution in [1.29, 1.82) is 0 Å². The topological polar surface area (TPSA) is 17.1 Å². The first-order valence-corrected chi connectivity index (χ1v) is 4.39. The molecule has 0 heterocycles. The van der Waals surface area contributed by atoms with Crippen LogP contribution in [-0.4, -0.2) is 6.29 Å². The lowest BCUT2D eigenvalue weighted by molar-refractivity contribution is -0.112. The van der Waals surface area contributed by atoms with Crippen LogP contribution in [0.5, 0.6) is 0 Å². The van der Waals surface area contributed by atoms with Crippen molar-refractivity contribution in [3.63, 3.8) is 0 Å². The summed E-state index contributed by atoms with van der Waals surface area (Å²) in [6.07, 6.45) is 5.67. The minimum absolute atomic E-state index is 0.306.